The van der Waals surface area contributed by atoms with E-state index in [-0.39, 0.29) is 11.4 Å². The van der Waals surface area contributed by atoms with Gasteiger partial charge in [-0.25, -0.2) is 0 Å². The van der Waals surface area contributed by atoms with Crippen molar-refractivity contribution in [2.24, 2.45) is 0 Å². The van der Waals surface area contributed by atoms with Crippen molar-refractivity contribution in [2.75, 3.05) is 6.54 Å². The number of hydrogen-bond acceptors (Lipinski definition) is 2. The van der Waals surface area contributed by atoms with Crippen LogP contribution in [0, 0.1) is 0 Å². The van der Waals surface area contributed by atoms with Gasteiger partial charge in [0.2, 0.25) is 5.91 Å². The van der Waals surface area contributed by atoms with E-state index in [0.29, 0.717) is 12.5 Å². The quantitative estimate of drug-likeness (QED) is 0.853. The standard InChI is InChI=1S/C15H20N2O/c18-14-7-6-13(8-11-16-14)17-15(9-10-15)12-4-2-1-3-5-12/h1-5,13,17H,6-11H2,(H,16,18)/t13-/m1/s1. The van der Waals surface area contributed by atoms with Crippen LogP contribution in [0.25, 0.3) is 0 Å². The molecule has 0 bridgehead atoms. The van der Waals surface area contributed by atoms with E-state index in [1.54, 1.807) is 0 Å². The molecule has 1 aromatic rings. The third-order valence-corrected chi connectivity index (χ3v) is 4.09. The first-order valence-corrected chi connectivity index (χ1v) is 6.88. The third-order valence-electron chi connectivity index (χ3n) is 4.09. The van der Waals surface area contributed by atoms with Gasteiger partial charge in [-0.1, -0.05) is 30.3 Å². The molecular formula is C15H20N2O. The maximum absolute atomic E-state index is 11.3. The Kier molecular flexibility index (Phi) is 3.08. The second kappa shape index (κ2) is 4.73. The van der Waals surface area contributed by atoms with Crippen molar-refractivity contribution in [3.8, 4) is 0 Å². The average molecular weight is 244 g/mol. The Labute approximate surface area is 108 Å². The molecule has 2 N–H and O–H groups in total. The summed E-state index contributed by atoms with van der Waals surface area (Å²) in [5.74, 6) is 0.198. The first-order chi connectivity index (χ1) is 8.78. The van der Waals surface area contributed by atoms with Crippen molar-refractivity contribution in [2.45, 2.75) is 43.7 Å². The maximum Gasteiger partial charge on any atom is 0.220 e. The monoisotopic (exact) mass is 244 g/mol. The van der Waals surface area contributed by atoms with Gasteiger partial charge >= 0.3 is 0 Å². The topological polar surface area (TPSA) is 41.1 Å². The zero-order valence-corrected chi connectivity index (χ0v) is 10.6. The molecule has 3 rings (SSSR count). The van der Waals surface area contributed by atoms with Gasteiger partial charge in [0.05, 0.1) is 0 Å². The van der Waals surface area contributed by atoms with Crippen LogP contribution in [0.4, 0.5) is 0 Å². The Morgan fingerprint density at radius 3 is 2.67 bits per heavy atom. The Balaban J connectivity index is 1.67. The lowest BCUT2D eigenvalue weighted by Gasteiger charge is -2.24. The third kappa shape index (κ3) is 2.41. The minimum atomic E-state index is 0.194. The van der Waals surface area contributed by atoms with Gasteiger partial charge in [0.1, 0.15) is 0 Å². The molecule has 2 aliphatic rings. The van der Waals surface area contributed by atoms with Crippen LogP contribution in [0.1, 0.15) is 37.7 Å². The van der Waals surface area contributed by atoms with Gasteiger partial charge in [-0.15, -0.1) is 0 Å². The number of nitrogens with one attached hydrogen (secondary N) is 2. The fourth-order valence-corrected chi connectivity index (χ4v) is 2.86. The van der Waals surface area contributed by atoms with Crippen LogP contribution in [0.15, 0.2) is 30.3 Å². The van der Waals surface area contributed by atoms with Gasteiger partial charge < -0.3 is 10.6 Å². The fourth-order valence-electron chi connectivity index (χ4n) is 2.86. The first kappa shape index (κ1) is 11.7. The van der Waals surface area contributed by atoms with Gasteiger partial charge in [-0.05, 0) is 31.2 Å². The highest BCUT2D eigenvalue weighted by Gasteiger charge is 2.45. The molecule has 1 saturated carbocycles. The molecule has 2 fully saturated rings. The molecule has 1 aromatic carbocycles. The molecule has 1 heterocycles. The predicted octanol–water partition coefficient (Wildman–Crippen LogP) is 1.93. The lowest BCUT2D eigenvalue weighted by molar-refractivity contribution is -0.120. The summed E-state index contributed by atoms with van der Waals surface area (Å²) in [7, 11) is 0. The molecule has 1 saturated heterocycles. The lowest BCUT2D eigenvalue weighted by Crippen LogP contribution is -2.38. The zero-order valence-electron chi connectivity index (χ0n) is 10.6. The van der Waals surface area contributed by atoms with Gasteiger partial charge in [-0.2, -0.15) is 0 Å². The maximum atomic E-state index is 11.3. The van der Waals surface area contributed by atoms with E-state index >= 15 is 0 Å². The van der Waals surface area contributed by atoms with Gasteiger partial charge in [-0.3, -0.25) is 4.79 Å². The van der Waals surface area contributed by atoms with Crippen molar-refractivity contribution in [3.63, 3.8) is 0 Å². The Hall–Kier alpha value is -1.35. The Morgan fingerprint density at radius 2 is 1.94 bits per heavy atom. The summed E-state index contributed by atoms with van der Waals surface area (Å²) in [6.07, 6.45) is 5.09. The molecule has 96 valence electrons. The minimum absolute atomic E-state index is 0.194. The fraction of sp³-hybridized carbons (Fsp3) is 0.533. The van der Waals surface area contributed by atoms with Gasteiger partial charge in [0.15, 0.2) is 0 Å². The molecule has 18 heavy (non-hydrogen) atoms. The molecule has 3 nitrogen and oxygen atoms in total. The summed E-state index contributed by atoms with van der Waals surface area (Å²) < 4.78 is 0. The lowest BCUT2D eigenvalue weighted by atomic mass is 10.0. The van der Waals surface area contributed by atoms with Crippen molar-refractivity contribution >= 4 is 5.91 Å². The summed E-state index contributed by atoms with van der Waals surface area (Å²) >= 11 is 0. The molecule has 1 atom stereocenters. The number of carbonyl (C=O) groups excluding carboxylic acids is 1. The summed E-state index contributed by atoms with van der Waals surface area (Å²) in [4.78, 5) is 11.3. The molecule has 0 unspecified atom stereocenters. The van der Waals surface area contributed by atoms with E-state index in [2.05, 4.69) is 41.0 Å². The number of rotatable bonds is 3. The first-order valence-electron chi connectivity index (χ1n) is 6.88. The van der Waals surface area contributed by atoms with Crippen molar-refractivity contribution in [3.05, 3.63) is 35.9 Å². The second-order valence-corrected chi connectivity index (χ2v) is 5.47. The van der Waals surface area contributed by atoms with E-state index in [4.69, 9.17) is 0 Å². The van der Waals surface area contributed by atoms with E-state index < -0.39 is 0 Å². The average Bonchev–Trinajstić information content (AvgIpc) is 3.19. The van der Waals surface area contributed by atoms with Gasteiger partial charge in [0.25, 0.3) is 0 Å². The van der Waals surface area contributed by atoms with Gasteiger partial charge in [0, 0.05) is 24.5 Å². The number of hydrogen-bond donors (Lipinski definition) is 2. The molecule has 0 aromatic heterocycles. The summed E-state index contributed by atoms with van der Waals surface area (Å²) in [5, 5.41) is 6.73. The van der Waals surface area contributed by atoms with Crippen LogP contribution in [0.3, 0.4) is 0 Å². The predicted molar refractivity (Wildman–Crippen MR) is 71.1 cm³/mol. The van der Waals surface area contributed by atoms with E-state index in [0.717, 1.165) is 19.4 Å². The van der Waals surface area contributed by atoms with E-state index in [1.807, 2.05) is 0 Å². The highest BCUT2D eigenvalue weighted by molar-refractivity contribution is 5.76. The second-order valence-electron chi connectivity index (χ2n) is 5.47. The SMILES string of the molecule is O=C1CC[C@@H](NC2(c3ccccc3)CC2)CCN1. The molecular weight excluding hydrogens is 224 g/mol. The van der Waals surface area contributed by atoms with Crippen LogP contribution >= 0.6 is 0 Å². The highest BCUT2D eigenvalue weighted by Crippen LogP contribution is 2.46. The normalized spacial score (nSPS) is 26.2. The zero-order chi connectivity index (χ0) is 12.4. The number of carbonyl (C=O) groups is 1. The van der Waals surface area contributed by atoms with Crippen LogP contribution in [-0.2, 0) is 10.3 Å². The number of amides is 1. The summed E-state index contributed by atoms with van der Waals surface area (Å²) in [6.45, 7) is 0.807. The van der Waals surface area contributed by atoms with Crippen molar-refractivity contribution < 1.29 is 4.79 Å². The Bertz CT molecular complexity index is 425. The molecule has 1 aliphatic carbocycles. The Morgan fingerprint density at radius 1 is 1.17 bits per heavy atom. The molecule has 1 aliphatic heterocycles. The largest absolute Gasteiger partial charge is 0.356 e. The molecule has 3 heteroatoms. The van der Waals surface area contributed by atoms with Crippen molar-refractivity contribution in [1.82, 2.24) is 10.6 Å². The molecule has 1 amide bonds. The summed E-state index contributed by atoms with van der Waals surface area (Å²) in [6, 6.07) is 11.2. The van der Waals surface area contributed by atoms with E-state index in [1.165, 1.54) is 18.4 Å². The van der Waals surface area contributed by atoms with Crippen LogP contribution in [0.5, 0.6) is 0 Å². The van der Waals surface area contributed by atoms with Crippen LogP contribution < -0.4 is 10.6 Å². The van der Waals surface area contributed by atoms with Crippen LogP contribution in [-0.4, -0.2) is 18.5 Å². The highest BCUT2D eigenvalue weighted by atomic mass is 16.1. The smallest absolute Gasteiger partial charge is 0.220 e. The van der Waals surface area contributed by atoms with Crippen LogP contribution in [0.2, 0.25) is 0 Å². The minimum Gasteiger partial charge on any atom is -0.356 e. The summed E-state index contributed by atoms with van der Waals surface area (Å²) in [5.41, 5.74) is 1.59. The molecule has 0 radical (unpaired) electrons. The molecule has 0 spiro atoms. The van der Waals surface area contributed by atoms with Crippen molar-refractivity contribution in [1.29, 1.82) is 0 Å². The van der Waals surface area contributed by atoms with E-state index in [9.17, 15) is 4.79 Å². The number of benzene rings is 1.